The van der Waals surface area contributed by atoms with Crippen molar-refractivity contribution in [2.45, 2.75) is 6.54 Å². The average Bonchev–Trinajstić information content (AvgIpc) is 2.97. The number of hydrogen-bond donors (Lipinski definition) is 1. The molecule has 0 saturated carbocycles. The molecular weight excluding hydrogens is 259 g/mol. The van der Waals surface area contributed by atoms with Crippen LogP contribution < -0.4 is 5.32 Å². The van der Waals surface area contributed by atoms with Crippen molar-refractivity contribution < 1.29 is 13.6 Å². The monoisotopic (exact) mass is 270 g/mol. The molecule has 20 heavy (non-hydrogen) atoms. The van der Waals surface area contributed by atoms with Crippen molar-refractivity contribution in [2.24, 2.45) is 0 Å². The molecule has 1 amide bonds. The molecule has 0 aliphatic carbocycles. The van der Waals surface area contributed by atoms with E-state index < -0.39 is 5.91 Å². The molecule has 0 saturated heterocycles. The molecule has 4 nitrogen and oxygen atoms in total. The molecule has 0 radical (unpaired) electrons. The van der Waals surface area contributed by atoms with Crippen molar-refractivity contribution in [3.05, 3.63) is 65.4 Å². The number of nitriles is 1. The van der Waals surface area contributed by atoms with Gasteiger partial charge in [0.15, 0.2) is 0 Å². The third kappa shape index (κ3) is 3.56. The summed E-state index contributed by atoms with van der Waals surface area (Å²) in [4.78, 5) is 11.8. The van der Waals surface area contributed by atoms with Gasteiger partial charge in [-0.25, -0.2) is 4.39 Å². The van der Waals surface area contributed by atoms with Gasteiger partial charge >= 0.3 is 0 Å². The zero-order chi connectivity index (χ0) is 14.4. The summed E-state index contributed by atoms with van der Waals surface area (Å²) in [5, 5.41) is 11.6. The van der Waals surface area contributed by atoms with Gasteiger partial charge in [0, 0.05) is 0 Å². The first kappa shape index (κ1) is 13.6. The second kappa shape index (κ2) is 6.34. The molecule has 1 heterocycles. The third-order valence-electron chi connectivity index (χ3n) is 2.55. The number of amides is 1. The molecule has 2 aromatic rings. The van der Waals surface area contributed by atoms with Gasteiger partial charge in [0.1, 0.15) is 23.2 Å². The van der Waals surface area contributed by atoms with E-state index in [4.69, 9.17) is 9.68 Å². The summed E-state index contributed by atoms with van der Waals surface area (Å²) in [7, 11) is 0. The van der Waals surface area contributed by atoms with E-state index in [0.717, 1.165) is 0 Å². The van der Waals surface area contributed by atoms with Crippen molar-refractivity contribution in [3.8, 4) is 6.07 Å². The Morgan fingerprint density at radius 3 is 2.70 bits per heavy atom. The minimum atomic E-state index is -0.506. The van der Waals surface area contributed by atoms with Gasteiger partial charge in [-0.3, -0.25) is 4.79 Å². The van der Waals surface area contributed by atoms with Crippen LogP contribution in [0.25, 0.3) is 6.08 Å². The minimum Gasteiger partial charge on any atom is -0.467 e. The van der Waals surface area contributed by atoms with E-state index in [-0.39, 0.29) is 17.9 Å². The molecular formula is C15H11FN2O2. The fourth-order valence-corrected chi connectivity index (χ4v) is 1.55. The van der Waals surface area contributed by atoms with Crippen molar-refractivity contribution >= 4 is 12.0 Å². The Labute approximate surface area is 115 Å². The van der Waals surface area contributed by atoms with E-state index in [0.29, 0.717) is 11.3 Å². The highest BCUT2D eigenvalue weighted by atomic mass is 19.1. The molecule has 1 aromatic carbocycles. The highest BCUT2D eigenvalue weighted by Gasteiger charge is 2.09. The lowest BCUT2D eigenvalue weighted by atomic mass is 10.1. The van der Waals surface area contributed by atoms with Crippen LogP contribution in [0.15, 0.2) is 52.7 Å². The van der Waals surface area contributed by atoms with Crippen LogP contribution in [0, 0.1) is 17.1 Å². The van der Waals surface area contributed by atoms with E-state index in [9.17, 15) is 9.18 Å². The smallest absolute Gasteiger partial charge is 0.262 e. The number of halogens is 1. The molecule has 0 atom stereocenters. The molecule has 100 valence electrons. The van der Waals surface area contributed by atoms with Gasteiger partial charge in [-0.05, 0) is 35.9 Å². The van der Waals surface area contributed by atoms with E-state index >= 15 is 0 Å². The number of nitrogens with zero attached hydrogens (tertiary/aromatic N) is 1. The maximum Gasteiger partial charge on any atom is 0.262 e. The molecule has 0 unspecified atom stereocenters. The maximum atomic E-state index is 12.8. The zero-order valence-electron chi connectivity index (χ0n) is 10.5. The lowest BCUT2D eigenvalue weighted by molar-refractivity contribution is -0.117. The fourth-order valence-electron chi connectivity index (χ4n) is 1.55. The summed E-state index contributed by atoms with van der Waals surface area (Å²) in [6.45, 7) is 0.203. The Balaban J connectivity index is 2.05. The van der Waals surface area contributed by atoms with E-state index in [1.807, 2.05) is 6.07 Å². The summed E-state index contributed by atoms with van der Waals surface area (Å²) in [5.74, 6) is -0.284. The number of benzene rings is 1. The van der Waals surface area contributed by atoms with Gasteiger partial charge in [-0.1, -0.05) is 12.1 Å². The van der Waals surface area contributed by atoms with E-state index in [2.05, 4.69) is 5.32 Å². The van der Waals surface area contributed by atoms with Crippen LogP contribution in [0.3, 0.4) is 0 Å². The van der Waals surface area contributed by atoms with Crippen LogP contribution in [0.2, 0.25) is 0 Å². The van der Waals surface area contributed by atoms with Gasteiger partial charge in [0.05, 0.1) is 12.8 Å². The molecule has 0 bridgehead atoms. The van der Waals surface area contributed by atoms with Gasteiger partial charge in [-0.2, -0.15) is 5.26 Å². The van der Waals surface area contributed by atoms with E-state index in [1.54, 1.807) is 12.1 Å². The first-order valence-corrected chi connectivity index (χ1v) is 5.87. The molecule has 1 aromatic heterocycles. The Kier molecular flexibility index (Phi) is 4.30. The number of rotatable bonds is 4. The lowest BCUT2D eigenvalue weighted by Crippen LogP contribution is -2.23. The number of nitrogens with one attached hydrogen (secondary N) is 1. The normalized spacial score (nSPS) is 10.9. The standard InChI is InChI=1S/C15H11FN2O2/c16-13-5-3-11(4-6-13)8-12(9-17)15(19)18-10-14-2-1-7-20-14/h1-8H,10H2,(H,18,19)/b12-8+. The van der Waals surface area contributed by atoms with Crippen LogP contribution in [-0.4, -0.2) is 5.91 Å². The molecule has 0 spiro atoms. The fraction of sp³-hybridized carbons (Fsp3) is 0.0667. The van der Waals surface area contributed by atoms with Crippen LogP contribution in [0.1, 0.15) is 11.3 Å². The molecule has 0 aliphatic rings. The van der Waals surface area contributed by atoms with Crippen molar-refractivity contribution in [1.29, 1.82) is 5.26 Å². The van der Waals surface area contributed by atoms with Gasteiger partial charge < -0.3 is 9.73 Å². The predicted octanol–water partition coefficient (Wildman–Crippen LogP) is 2.64. The van der Waals surface area contributed by atoms with Crippen molar-refractivity contribution in [3.63, 3.8) is 0 Å². The van der Waals surface area contributed by atoms with Gasteiger partial charge in [0.25, 0.3) is 5.91 Å². The quantitative estimate of drug-likeness (QED) is 0.686. The summed E-state index contributed by atoms with van der Waals surface area (Å²) in [6.07, 6.45) is 2.90. The topological polar surface area (TPSA) is 66.0 Å². The Morgan fingerprint density at radius 2 is 2.10 bits per heavy atom. The average molecular weight is 270 g/mol. The minimum absolute atomic E-state index is 0.0526. The summed E-state index contributed by atoms with van der Waals surface area (Å²) < 4.78 is 17.8. The van der Waals surface area contributed by atoms with Gasteiger partial charge in [-0.15, -0.1) is 0 Å². The Morgan fingerprint density at radius 1 is 1.35 bits per heavy atom. The van der Waals surface area contributed by atoms with Crippen LogP contribution >= 0.6 is 0 Å². The van der Waals surface area contributed by atoms with Gasteiger partial charge in [0.2, 0.25) is 0 Å². The first-order valence-electron chi connectivity index (χ1n) is 5.87. The highest BCUT2D eigenvalue weighted by Crippen LogP contribution is 2.08. The predicted molar refractivity (Wildman–Crippen MR) is 70.5 cm³/mol. The molecule has 2 rings (SSSR count). The van der Waals surface area contributed by atoms with E-state index in [1.165, 1.54) is 36.6 Å². The largest absolute Gasteiger partial charge is 0.467 e. The summed E-state index contributed by atoms with van der Waals surface area (Å²) in [5.41, 5.74) is 0.527. The molecule has 1 N–H and O–H groups in total. The second-order valence-corrected chi connectivity index (χ2v) is 3.98. The summed E-state index contributed by atoms with van der Waals surface area (Å²) >= 11 is 0. The maximum absolute atomic E-state index is 12.8. The van der Waals surface area contributed by atoms with Crippen LogP contribution in [0.5, 0.6) is 0 Å². The van der Waals surface area contributed by atoms with Crippen LogP contribution in [0.4, 0.5) is 4.39 Å². The Bertz CT molecular complexity index is 652. The molecule has 5 heteroatoms. The van der Waals surface area contributed by atoms with Crippen LogP contribution in [-0.2, 0) is 11.3 Å². The number of hydrogen-bond acceptors (Lipinski definition) is 3. The highest BCUT2D eigenvalue weighted by molar-refractivity contribution is 6.01. The molecule has 0 fully saturated rings. The molecule has 0 aliphatic heterocycles. The van der Waals surface area contributed by atoms with Crippen molar-refractivity contribution in [2.75, 3.05) is 0 Å². The summed E-state index contributed by atoms with van der Waals surface area (Å²) in [6, 6.07) is 10.8. The number of carbonyl (C=O) groups excluding carboxylic acids is 1. The van der Waals surface area contributed by atoms with Crippen molar-refractivity contribution in [1.82, 2.24) is 5.32 Å². The number of carbonyl (C=O) groups is 1. The second-order valence-electron chi connectivity index (χ2n) is 3.98. The SMILES string of the molecule is N#C/C(=C\c1ccc(F)cc1)C(=O)NCc1ccco1. The number of furan rings is 1. The lowest BCUT2D eigenvalue weighted by Gasteiger charge is -2.02. The zero-order valence-corrected chi connectivity index (χ0v) is 10.5. The third-order valence-corrected chi connectivity index (χ3v) is 2.55. The Hall–Kier alpha value is -2.87. The first-order chi connectivity index (χ1) is 9.69.